The number of carbonyl (C=O) groups is 1. The predicted molar refractivity (Wildman–Crippen MR) is 130 cm³/mol. The van der Waals surface area contributed by atoms with Crippen LogP contribution in [0.5, 0.6) is 0 Å². The zero-order valence-electron chi connectivity index (χ0n) is 19.6. The molecule has 4 aliphatic rings. The summed E-state index contributed by atoms with van der Waals surface area (Å²) in [6.07, 6.45) is 10.2. The van der Waals surface area contributed by atoms with Crippen LogP contribution in [0.1, 0.15) is 85.0 Å². The number of carboxylic acids is 1. The van der Waals surface area contributed by atoms with E-state index in [-0.39, 0.29) is 27.4 Å². The van der Waals surface area contributed by atoms with Crippen LogP contribution in [-0.4, -0.2) is 33.8 Å². The molecule has 0 radical (unpaired) electrons. The van der Waals surface area contributed by atoms with Gasteiger partial charge >= 0.3 is 5.97 Å². The van der Waals surface area contributed by atoms with Crippen molar-refractivity contribution in [2.75, 3.05) is 7.11 Å². The minimum Gasteiger partial charge on any atom is -0.481 e. The highest BCUT2D eigenvalue weighted by atomic mass is 127. The van der Waals surface area contributed by atoms with Crippen LogP contribution in [0.2, 0.25) is 0 Å². The third-order valence-corrected chi connectivity index (χ3v) is 12.8. The van der Waals surface area contributed by atoms with Crippen LogP contribution < -0.4 is 0 Å². The number of nitroso groups, excluding NO2 is 1. The van der Waals surface area contributed by atoms with Crippen LogP contribution in [0.15, 0.2) is 5.18 Å². The van der Waals surface area contributed by atoms with Crippen LogP contribution in [-0.2, 0) is 9.53 Å². The number of alkyl halides is 1. The molecule has 0 saturated heterocycles. The van der Waals surface area contributed by atoms with E-state index in [2.05, 4.69) is 48.5 Å². The largest absolute Gasteiger partial charge is 0.481 e. The van der Waals surface area contributed by atoms with Crippen molar-refractivity contribution in [2.45, 2.75) is 101 Å². The molecule has 6 heteroatoms. The molecule has 0 aromatic rings. The standard InChI is InChI=1S/C25H40INO4/c1-15(5-8-21(28)29)17-6-7-18-22-19(10-11-23(17,18)2)24(3)12-9-16(27-30)13-25(24,26)14-20(22)31-4/h15-20,22H,5-14H2,1-4H3,(H,28,29)/t15-,16-,17-,18?,19?,20+,22?,23-,24-,25-/m1/s1. The summed E-state index contributed by atoms with van der Waals surface area (Å²) in [7, 11) is 1.89. The van der Waals surface area contributed by atoms with Gasteiger partial charge in [-0.25, -0.2) is 0 Å². The summed E-state index contributed by atoms with van der Waals surface area (Å²) >= 11 is 2.69. The van der Waals surface area contributed by atoms with Crippen molar-refractivity contribution >= 4 is 28.6 Å². The molecule has 4 saturated carbocycles. The first-order valence-corrected chi connectivity index (χ1v) is 13.4. The van der Waals surface area contributed by atoms with Crippen LogP contribution in [0.25, 0.3) is 0 Å². The zero-order valence-corrected chi connectivity index (χ0v) is 21.8. The Bertz CT molecular complexity index is 718. The summed E-state index contributed by atoms with van der Waals surface area (Å²) < 4.78 is 6.31. The molecule has 0 bridgehead atoms. The molecular weight excluding hydrogens is 505 g/mol. The van der Waals surface area contributed by atoms with E-state index in [1.165, 1.54) is 25.7 Å². The summed E-state index contributed by atoms with van der Waals surface area (Å²) in [5, 5.41) is 12.6. The number of rotatable bonds is 6. The lowest BCUT2D eigenvalue weighted by atomic mass is 9.43. The minimum atomic E-state index is -0.672. The molecule has 10 atom stereocenters. The fourth-order valence-corrected chi connectivity index (χ4v) is 10.6. The number of methoxy groups -OCH3 is 1. The average molecular weight is 546 g/mol. The van der Waals surface area contributed by atoms with E-state index < -0.39 is 5.97 Å². The van der Waals surface area contributed by atoms with Gasteiger partial charge in [0.2, 0.25) is 0 Å². The number of fused-ring (bicyclic) bond motifs is 5. The average Bonchev–Trinajstić information content (AvgIpc) is 3.08. The van der Waals surface area contributed by atoms with Gasteiger partial charge in [-0.1, -0.05) is 48.5 Å². The molecule has 0 aromatic heterocycles. The van der Waals surface area contributed by atoms with E-state index in [1.807, 2.05) is 7.11 Å². The van der Waals surface area contributed by atoms with Gasteiger partial charge in [0.1, 0.15) is 0 Å². The lowest BCUT2D eigenvalue weighted by Gasteiger charge is -2.66. The van der Waals surface area contributed by atoms with Crippen LogP contribution >= 0.6 is 22.6 Å². The molecule has 4 rings (SSSR count). The van der Waals surface area contributed by atoms with Gasteiger partial charge in [0.05, 0.1) is 12.1 Å². The molecule has 4 aliphatic carbocycles. The predicted octanol–water partition coefficient (Wildman–Crippen LogP) is 6.46. The van der Waals surface area contributed by atoms with Crippen LogP contribution in [0.3, 0.4) is 0 Å². The fourth-order valence-electron chi connectivity index (χ4n) is 9.00. The maximum Gasteiger partial charge on any atom is 0.303 e. The summed E-state index contributed by atoms with van der Waals surface area (Å²) in [6, 6.07) is -0.0427. The molecule has 1 N–H and O–H groups in total. The maximum atomic E-state index is 11.4. The van der Waals surface area contributed by atoms with Crippen LogP contribution in [0.4, 0.5) is 0 Å². The summed E-state index contributed by atoms with van der Waals surface area (Å²) in [5.74, 6) is 2.28. The summed E-state index contributed by atoms with van der Waals surface area (Å²) in [6.45, 7) is 7.30. The van der Waals surface area contributed by atoms with Crippen molar-refractivity contribution in [3.8, 4) is 0 Å². The molecule has 0 aromatic carbocycles. The molecule has 0 heterocycles. The van der Waals surface area contributed by atoms with E-state index >= 15 is 0 Å². The normalized spacial score (nSPS) is 50.1. The first-order valence-electron chi connectivity index (χ1n) is 12.4. The van der Waals surface area contributed by atoms with E-state index in [0.717, 1.165) is 32.1 Å². The molecule has 176 valence electrons. The van der Waals surface area contributed by atoms with Gasteiger partial charge in [0.15, 0.2) is 0 Å². The number of halogens is 1. The number of aliphatic carboxylic acids is 1. The van der Waals surface area contributed by atoms with Gasteiger partial charge in [-0.3, -0.25) is 4.79 Å². The second-order valence-corrected chi connectivity index (χ2v) is 13.9. The van der Waals surface area contributed by atoms with Crippen molar-refractivity contribution in [1.29, 1.82) is 0 Å². The lowest BCUT2D eigenvalue weighted by molar-refractivity contribution is -0.160. The van der Waals surface area contributed by atoms with Crippen molar-refractivity contribution in [3.63, 3.8) is 0 Å². The fraction of sp³-hybridized carbons (Fsp3) is 0.960. The number of nitrogens with zero attached hydrogens (tertiary/aromatic N) is 1. The first-order chi connectivity index (χ1) is 14.6. The number of hydrogen-bond acceptors (Lipinski definition) is 4. The number of ether oxygens (including phenoxy) is 1. The van der Waals surface area contributed by atoms with Gasteiger partial charge in [-0.05, 0) is 98.2 Å². The van der Waals surface area contributed by atoms with Crippen molar-refractivity contribution in [2.24, 2.45) is 45.6 Å². The number of hydrogen-bond donors (Lipinski definition) is 1. The smallest absolute Gasteiger partial charge is 0.303 e. The lowest BCUT2D eigenvalue weighted by Crippen LogP contribution is -2.64. The van der Waals surface area contributed by atoms with Crippen molar-refractivity contribution < 1.29 is 14.6 Å². The molecular formula is C25H40INO4. The molecule has 0 amide bonds. The number of carboxylic acid groups (broad SMARTS) is 1. The molecule has 31 heavy (non-hydrogen) atoms. The van der Waals surface area contributed by atoms with Gasteiger partial charge in [0, 0.05) is 17.0 Å². The van der Waals surface area contributed by atoms with Crippen LogP contribution in [0, 0.1) is 45.3 Å². The summed E-state index contributed by atoms with van der Waals surface area (Å²) in [5.41, 5.74) is 0.530. The third kappa shape index (κ3) is 3.70. The molecule has 0 aliphatic heterocycles. The second-order valence-electron chi connectivity index (χ2n) is 11.8. The van der Waals surface area contributed by atoms with Crippen molar-refractivity contribution in [1.82, 2.24) is 0 Å². The Morgan fingerprint density at radius 3 is 2.55 bits per heavy atom. The van der Waals surface area contributed by atoms with E-state index in [0.29, 0.717) is 35.0 Å². The monoisotopic (exact) mass is 545 g/mol. The second kappa shape index (κ2) is 8.52. The SMILES string of the molecule is CO[C@H]1C[C@]2(I)C[C@H](N=O)CC[C@]2(C)C2CC[C@@]3(C)C(CC[C@@H]3[C@H](C)CCC(=O)O)C21. The highest BCUT2D eigenvalue weighted by Crippen LogP contribution is 2.71. The molecule has 0 spiro atoms. The van der Waals surface area contributed by atoms with Gasteiger partial charge in [-0.15, -0.1) is 0 Å². The Hall–Kier alpha value is -0.240. The quantitative estimate of drug-likeness (QED) is 0.236. The topological polar surface area (TPSA) is 76.0 Å². The van der Waals surface area contributed by atoms with Gasteiger partial charge < -0.3 is 9.84 Å². The van der Waals surface area contributed by atoms with Crippen molar-refractivity contribution in [3.05, 3.63) is 4.91 Å². The Morgan fingerprint density at radius 1 is 1.16 bits per heavy atom. The van der Waals surface area contributed by atoms with Gasteiger partial charge in [-0.2, -0.15) is 4.91 Å². The zero-order chi connectivity index (χ0) is 22.6. The Balaban J connectivity index is 1.62. The summed E-state index contributed by atoms with van der Waals surface area (Å²) in [4.78, 5) is 22.5. The molecule has 5 nitrogen and oxygen atoms in total. The Labute approximate surface area is 201 Å². The highest BCUT2D eigenvalue weighted by molar-refractivity contribution is 14.1. The molecule has 4 fully saturated rings. The Kier molecular flexibility index (Phi) is 6.57. The highest BCUT2D eigenvalue weighted by Gasteiger charge is 2.67. The molecule has 3 unspecified atom stereocenters. The maximum absolute atomic E-state index is 11.4. The van der Waals surface area contributed by atoms with E-state index in [4.69, 9.17) is 4.74 Å². The minimum absolute atomic E-state index is 0.0427. The van der Waals surface area contributed by atoms with E-state index in [9.17, 15) is 14.8 Å². The van der Waals surface area contributed by atoms with E-state index in [1.54, 1.807) is 0 Å². The third-order valence-electron chi connectivity index (χ3n) is 10.7. The Morgan fingerprint density at radius 2 is 1.90 bits per heavy atom. The van der Waals surface area contributed by atoms with Gasteiger partial charge in [0.25, 0.3) is 0 Å². The first kappa shape index (κ1) is 23.9.